The largest absolute Gasteiger partial charge is 0.494 e. The molecule has 0 aliphatic carbocycles. The third-order valence-electron chi connectivity index (χ3n) is 2.09. The zero-order valence-electron chi connectivity index (χ0n) is 9.95. The number of ether oxygens (including phenoxy) is 2. The molecule has 0 bridgehead atoms. The van der Waals surface area contributed by atoms with Crippen molar-refractivity contribution >= 4 is 11.4 Å². The molecule has 4 heteroatoms. The number of benzene rings is 1. The van der Waals surface area contributed by atoms with Crippen LogP contribution in [0.4, 0.5) is 11.4 Å². The first-order valence-electron chi connectivity index (χ1n) is 5.52. The first kappa shape index (κ1) is 12.6. The van der Waals surface area contributed by atoms with Crippen LogP contribution < -0.4 is 15.8 Å². The monoisotopic (exact) mass is 224 g/mol. The van der Waals surface area contributed by atoms with Gasteiger partial charge in [0, 0.05) is 43.8 Å². The topological polar surface area (TPSA) is 56.5 Å². The van der Waals surface area contributed by atoms with Crippen molar-refractivity contribution in [2.75, 3.05) is 37.9 Å². The van der Waals surface area contributed by atoms with Gasteiger partial charge in [0.25, 0.3) is 0 Å². The van der Waals surface area contributed by atoms with Crippen molar-refractivity contribution in [1.82, 2.24) is 0 Å². The average molecular weight is 224 g/mol. The third-order valence-corrected chi connectivity index (χ3v) is 2.09. The number of nitrogens with one attached hydrogen (secondary N) is 1. The Bertz CT molecular complexity index is 316. The zero-order chi connectivity index (χ0) is 11.8. The average Bonchev–Trinajstić information content (AvgIpc) is 2.24. The van der Waals surface area contributed by atoms with Gasteiger partial charge in [-0.3, -0.25) is 0 Å². The second-order valence-electron chi connectivity index (χ2n) is 3.50. The smallest absolute Gasteiger partial charge is 0.123 e. The standard InChI is InChI=1S/C12H20N2O2/c1-3-16-12-8-10(13)7-11(9-12)14-5-4-6-15-2/h7-9,14H,3-6,13H2,1-2H3. The van der Waals surface area contributed by atoms with Crippen molar-refractivity contribution in [2.24, 2.45) is 0 Å². The van der Waals surface area contributed by atoms with Gasteiger partial charge in [-0.2, -0.15) is 0 Å². The summed E-state index contributed by atoms with van der Waals surface area (Å²) in [5, 5.41) is 3.28. The van der Waals surface area contributed by atoms with Crippen LogP contribution in [0.25, 0.3) is 0 Å². The highest BCUT2D eigenvalue weighted by molar-refractivity contribution is 5.59. The molecular weight excluding hydrogens is 204 g/mol. The highest BCUT2D eigenvalue weighted by Crippen LogP contribution is 2.22. The SMILES string of the molecule is CCOc1cc(N)cc(NCCCOC)c1. The summed E-state index contributed by atoms with van der Waals surface area (Å²) in [6.45, 7) is 4.22. The minimum Gasteiger partial charge on any atom is -0.494 e. The molecule has 16 heavy (non-hydrogen) atoms. The molecular formula is C12H20N2O2. The molecule has 1 rings (SSSR count). The van der Waals surface area contributed by atoms with Gasteiger partial charge in [-0.15, -0.1) is 0 Å². The lowest BCUT2D eigenvalue weighted by Crippen LogP contribution is -2.05. The van der Waals surface area contributed by atoms with E-state index in [1.54, 1.807) is 7.11 Å². The molecule has 0 heterocycles. The molecule has 0 aliphatic rings. The van der Waals surface area contributed by atoms with Gasteiger partial charge in [0.05, 0.1) is 6.61 Å². The van der Waals surface area contributed by atoms with Crippen LogP contribution in [0.2, 0.25) is 0 Å². The quantitative estimate of drug-likeness (QED) is 0.550. The summed E-state index contributed by atoms with van der Waals surface area (Å²) < 4.78 is 10.4. The van der Waals surface area contributed by atoms with Crippen LogP contribution in [0.3, 0.4) is 0 Å². The van der Waals surface area contributed by atoms with Crippen LogP contribution in [0.5, 0.6) is 5.75 Å². The minimum absolute atomic E-state index is 0.645. The lowest BCUT2D eigenvalue weighted by Gasteiger charge is -2.10. The number of hydrogen-bond donors (Lipinski definition) is 2. The molecule has 90 valence electrons. The van der Waals surface area contributed by atoms with Gasteiger partial charge in [-0.25, -0.2) is 0 Å². The highest BCUT2D eigenvalue weighted by atomic mass is 16.5. The number of methoxy groups -OCH3 is 1. The maximum absolute atomic E-state index is 5.78. The Morgan fingerprint density at radius 3 is 2.81 bits per heavy atom. The van der Waals surface area contributed by atoms with Crippen LogP contribution in [0.15, 0.2) is 18.2 Å². The second-order valence-corrected chi connectivity index (χ2v) is 3.50. The Kier molecular flexibility index (Phi) is 5.50. The third kappa shape index (κ3) is 4.40. The number of nitrogens with two attached hydrogens (primary N) is 1. The Labute approximate surface area is 96.7 Å². The van der Waals surface area contributed by atoms with Crippen LogP contribution in [-0.4, -0.2) is 26.9 Å². The molecule has 0 spiro atoms. The van der Waals surface area contributed by atoms with Crippen molar-refractivity contribution in [3.05, 3.63) is 18.2 Å². The molecule has 0 fully saturated rings. The van der Waals surface area contributed by atoms with Gasteiger partial charge in [-0.1, -0.05) is 0 Å². The molecule has 3 N–H and O–H groups in total. The van der Waals surface area contributed by atoms with E-state index in [-0.39, 0.29) is 0 Å². The molecule has 0 amide bonds. The fraction of sp³-hybridized carbons (Fsp3) is 0.500. The van der Waals surface area contributed by atoms with Crippen LogP contribution in [0.1, 0.15) is 13.3 Å². The van der Waals surface area contributed by atoms with Gasteiger partial charge in [-0.05, 0) is 19.4 Å². The van der Waals surface area contributed by atoms with Gasteiger partial charge >= 0.3 is 0 Å². The molecule has 0 atom stereocenters. The summed E-state index contributed by atoms with van der Waals surface area (Å²) in [6.07, 6.45) is 0.968. The molecule has 0 unspecified atom stereocenters. The van der Waals surface area contributed by atoms with Crippen molar-refractivity contribution in [3.63, 3.8) is 0 Å². The molecule has 1 aromatic carbocycles. The lowest BCUT2D eigenvalue weighted by atomic mass is 10.2. The van der Waals surface area contributed by atoms with E-state index in [1.165, 1.54) is 0 Å². The Morgan fingerprint density at radius 1 is 1.31 bits per heavy atom. The van der Waals surface area contributed by atoms with Gasteiger partial charge in [0.2, 0.25) is 0 Å². The fourth-order valence-corrected chi connectivity index (χ4v) is 1.42. The Balaban J connectivity index is 2.51. The Morgan fingerprint density at radius 2 is 2.12 bits per heavy atom. The minimum atomic E-state index is 0.645. The first-order chi connectivity index (χ1) is 7.76. The van der Waals surface area contributed by atoms with Crippen LogP contribution in [0, 0.1) is 0 Å². The van der Waals surface area contributed by atoms with E-state index in [4.69, 9.17) is 15.2 Å². The maximum atomic E-state index is 5.78. The molecule has 0 saturated heterocycles. The number of nitrogen functional groups attached to an aromatic ring is 1. The van der Waals surface area contributed by atoms with E-state index in [1.807, 2.05) is 25.1 Å². The molecule has 1 aromatic rings. The first-order valence-corrected chi connectivity index (χ1v) is 5.52. The lowest BCUT2D eigenvalue weighted by molar-refractivity contribution is 0.198. The predicted molar refractivity (Wildman–Crippen MR) is 67.0 cm³/mol. The van der Waals surface area contributed by atoms with E-state index < -0.39 is 0 Å². The second kappa shape index (κ2) is 6.95. The molecule has 0 saturated carbocycles. The van der Waals surface area contributed by atoms with Crippen molar-refractivity contribution in [3.8, 4) is 5.75 Å². The van der Waals surface area contributed by atoms with Gasteiger partial charge in [0.1, 0.15) is 5.75 Å². The van der Waals surface area contributed by atoms with Crippen molar-refractivity contribution < 1.29 is 9.47 Å². The summed E-state index contributed by atoms with van der Waals surface area (Å²) in [5.41, 5.74) is 7.47. The van der Waals surface area contributed by atoms with E-state index in [0.717, 1.165) is 31.0 Å². The van der Waals surface area contributed by atoms with Crippen LogP contribution in [-0.2, 0) is 4.74 Å². The van der Waals surface area contributed by atoms with Crippen LogP contribution >= 0.6 is 0 Å². The Hall–Kier alpha value is -1.42. The van der Waals surface area contributed by atoms with E-state index >= 15 is 0 Å². The van der Waals surface area contributed by atoms with E-state index in [2.05, 4.69) is 5.32 Å². The maximum Gasteiger partial charge on any atom is 0.123 e. The molecule has 4 nitrogen and oxygen atoms in total. The fourth-order valence-electron chi connectivity index (χ4n) is 1.42. The number of rotatable bonds is 7. The van der Waals surface area contributed by atoms with Crippen molar-refractivity contribution in [2.45, 2.75) is 13.3 Å². The highest BCUT2D eigenvalue weighted by Gasteiger charge is 1.99. The zero-order valence-corrected chi connectivity index (χ0v) is 9.95. The normalized spacial score (nSPS) is 10.1. The van der Waals surface area contributed by atoms with Crippen molar-refractivity contribution in [1.29, 1.82) is 0 Å². The van der Waals surface area contributed by atoms with Gasteiger partial charge in [0.15, 0.2) is 0 Å². The molecule has 0 aliphatic heterocycles. The van der Waals surface area contributed by atoms with Gasteiger partial charge < -0.3 is 20.5 Å². The van der Waals surface area contributed by atoms with E-state index in [0.29, 0.717) is 12.3 Å². The predicted octanol–water partition coefficient (Wildman–Crippen LogP) is 2.12. The summed E-state index contributed by atoms with van der Waals surface area (Å²) in [5.74, 6) is 0.803. The summed E-state index contributed by atoms with van der Waals surface area (Å²) in [6, 6.07) is 5.67. The summed E-state index contributed by atoms with van der Waals surface area (Å²) >= 11 is 0. The molecule has 0 aromatic heterocycles. The summed E-state index contributed by atoms with van der Waals surface area (Å²) in [4.78, 5) is 0. The summed E-state index contributed by atoms with van der Waals surface area (Å²) in [7, 11) is 1.70. The number of anilines is 2. The molecule has 0 radical (unpaired) electrons. The van der Waals surface area contributed by atoms with E-state index in [9.17, 15) is 0 Å². The number of hydrogen-bond acceptors (Lipinski definition) is 4.